The minimum Gasteiger partial charge on any atom is -0.309 e. The summed E-state index contributed by atoms with van der Waals surface area (Å²) in [6.07, 6.45) is 0. The number of nitrogens with zero attached hydrogens (tertiary/aromatic N) is 4. The van der Waals surface area contributed by atoms with Crippen LogP contribution in [0.25, 0.3) is 77.2 Å². The lowest BCUT2D eigenvalue weighted by atomic mass is 9.93. The quantitative estimate of drug-likeness (QED) is 0.199. The summed E-state index contributed by atoms with van der Waals surface area (Å²) >= 11 is 0. The Hall–Kier alpha value is -6.88. The van der Waals surface area contributed by atoms with Crippen molar-refractivity contribution in [2.24, 2.45) is 0 Å². The Balaban J connectivity index is 1.20. The normalized spacial score (nSPS) is 11.3. The molecule has 0 radical (unpaired) electrons. The standard InChI is InChI=1S/C44H26N4/c45-27-32-24-25-43(48-41-18-7-3-14-36(41)37-15-4-8-19-42(37)48)44(38(32)28-46)30-22-20-29(21-23-30)31-10-9-11-33(26-31)47-39-16-5-1-12-34(39)35-13-2-6-17-40(35)47/h1-26H. The molecule has 0 fully saturated rings. The van der Waals surface area contributed by atoms with E-state index >= 15 is 0 Å². The average molecular weight is 611 g/mol. The number of rotatable bonds is 4. The van der Waals surface area contributed by atoms with Crippen molar-refractivity contribution in [3.8, 4) is 45.8 Å². The van der Waals surface area contributed by atoms with E-state index in [9.17, 15) is 10.5 Å². The molecule has 9 aromatic rings. The van der Waals surface area contributed by atoms with Crippen LogP contribution in [0.15, 0.2) is 158 Å². The van der Waals surface area contributed by atoms with Gasteiger partial charge in [-0.2, -0.15) is 10.5 Å². The van der Waals surface area contributed by atoms with Gasteiger partial charge in [0.05, 0.1) is 38.9 Å². The van der Waals surface area contributed by atoms with Gasteiger partial charge in [0.1, 0.15) is 12.1 Å². The third-order valence-electron chi connectivity index (χ3n) is 9.43. The summed E-state index contributed by atoms with van der Waals surface area (Å²) in [6, 6.07) is 59.0. The van der Waals surface area contributed by atoms with E-state index in [1.54, 1.807) is 6.07 Å². The SMILES string of the molecule is N#Cc1ccc(-n2c3ccccc3c3ccccc32)c(-c2ccc(-c3cccc(-n4c5ccccc5c5ccccc54)c3)cc2)c1C#N. The molecule has 0 unspecified atom stereocenters. The van der Waals surface area contributed by atoms with Crippen molar-refractivity contribution in [2.75, 3.05) is 0 Å². The van der Waals surface area contributed by atoms with Crippen LogP contribution in [0.2, 0.25) is 0 Å². The van der Waals surface area contributed by atoms with Crippen LogP contribution in [0.5, 0.6) is 0 Å². The molecule has 0 saturated heterocycles. The fourth-order valence-electron chi connectivity index (χ4n) is 7.32. The van der Waals surface area contributed by atoms with Gasteiger partial charge in [-0.05, 0) is 65.2 Å². The maximum absolute atomic E-state index is 10.4. The van der Waals surface area contributed by atoms with E-state index in [1.165, 1.54) is 21.8 Å². The van der Waals surface area contributed by atoms with E-state index in [0.29, 0.717) is 11.1 Å². The molecule has 2 heterocycles. The zero-order chi connectivity index (χ0) is 32.2. The van der Waals surface area contributed by atoms with Gasteiger partial charge in [-0.1, -0.05) is 109 Å². The lowest BCUT2D eigenvalue weighted by Crippen LogP contribution is -2.01. The Bertz CT molecular complexity index is 2690. The molecule has 0 aliphatic carbocycles. The molecule has 4 nitrogen and oxygen atoms in total. The van der Waals surface area contributed by atoms with E-state index in [2.05, 4.69) is 155 Å². The Morgan fingerprint density at radius 1 is 0.396 bits per heavy atom. The smallest absolute Gasteiger partial charge is 0.101 e. The Kier molecular flexibility index (Phi) is 6.22. The molecule has 48 heavy (non-hydrogen) atoms. The average Bonchev–Trinajstić information content (AvgIpc) is 3.67. The van der Waals surface area contributed by atoms with Gasteiger partial charge in [-0.25, -0.2) is 0 Å². The van der Waals surface area contributed by atoms with Gasteiger partial charge < -0.3 is 9.13 Å². The highest BCUT2D eigenvalue weighted by molar-refractivity contribution is 6.10. The molecule has 0 aliphatic heterocycles. The topological polar surface area (TPSA) is 57.4 Å². The molecule has 0 aliphatic rings. The zero-order valence-electron chi connectivity index (χ0n) is 25.8. The second-order valence-corrected chi connectivity index (χ2v) is 12.0. The number of para-hydroxylation sites is 4. The molecule has 7 aromatic carbocycles. The first-order valence-corrected chi connectivity index (χ1v) is 15.9. The van der Waals surface area contributed by atoms with E-state index in [4.69, 9.17) is 0 Å². The van der Waals surface area contributed by atoms with Crippen LogP contribution >= 0.6 is 0 Å². The summed E-state index contributed by atoms with van der Waals surface area (Å²) < 4.78 is 4.54. The largest absolute Gasteiger partial charge is 0.309 e. The summed E-state index contributed by atoms with van der Waals surface area (Å²) in [5.74, 6) is 0. The van der Waals surface area contributed by atoms with Crippen molar-refractivity contribution in [1.82, 2.24) is 9.13 Å². The number of hydrogen-bond acceptors (Lipinski definition) is 2. The second kappa shape index (κ2) is 10.9. The molecule has 0 atom stereocenters. The van der Waals surface area contributed by atoms with E-state index in [0.717, 1.165) is 55.4 Å². The maximum atomic E-state index is 10.4. The Morgan fingerprint density at radius 2 is 0.896 bits per heavy atom. The minimum atomic E-state index is 0.361. The van der Waals surface area contributed by atoms with Crippen LogP contribution in [0, 0.1) is 22.7 Å². The zero-order valence-corrected chi connectivity index (χ0v) is 25.8. The van der Waals surface area contributed by atoms with Crippen molar-refractivity contribution in [1.29, 1.82) is 10.5 Å². The van der Waals surface area contributed by atoms with Gasteiger partial charge in [0.25, 0.3) is 0 Å². The molecule has 4 heteroatoms. The molecule has 0 saturated carbocycles. The van der Waals surface area contributed by atoms with Crippen molar-refractivity contribution in [3.63, 3.8) is 0 Å². The molecule has 9 rings (SSSR count). The molecule has 2 aromatic heterocycles. The number of hydrogen-bond donors (Lipinski definition) is 0. The molecule has 0 N–H and O–H groups in total. The Morgan fingerprint density at radius 3 is 1.42 bits per heavy atom. The molecular formula is C44H26N4. The molecule has 0 amide bonds. The van der Waals surface area contributed by atoms with Gasteiger partial charge in [0, 0.05) is 32.8 Å². The summed E-state index contributed by atoms with van der Waals surface area (Å²) in [5, 5.41) is 25.2. The number of nitriles is 2. The molecule has 0 spiro atoms. The first-order chi connectivity index (χ1) is 23.7. The molecule has 0 bridgehead atoms. The van der Waals surface area contributed by atoms with E-state index in [-0.39, 0.29) is 0 Å². The first-order valence-electron chi connectivity index (χ1n) is 15.9. The lowest BCUT2D eigenvalue weighted by Gasteiger charge is -2.17. The van der Waals surface area contributed by atoms with Crippen LogP contribution in [0.4, 0.5) is 0 Å². The lowest BCUT2D eigenvalue weighted by molar-refractivity contribution is 1.18. The fraction of sp³-hybridized carbons (Fsp3) is 0. The van der Waals surface area contributed by atoms with Crippen molar-refractivity contribution in [3.05, 3.63) is 169 Å². The van der Waals surface area contributed by atoms with Gasteiger partial charge in [0.2, 0.25) is 0 Å². The summed E-state index contributed by atoms with van der Waals surface area (Å²) in [6.45, 7) is 0. The van der Waals surface area contributed by atoms with Gasteiger partial charge in [-0.15, -0.1) is 0 Å². The fourth-order valence-corrected chi connectivity index (χ4v) is 7.32. The highest BCUT2D eigenvalue weighted by Crippen LogP contribution is 2.39. The summed E-state index contributed by atoms with van der Waals surface area (Å²) in [7, 11) is 0. The van der Waals surface area contributed by atoms with Crippen LogP contribution < -0.4 is 0 Å². The van der Waals surface area contributed by atoms with Crippen LogP contribution in [-0.4, -0.2) is 9.13 Å². The number of benzene rings is 7. The van der Waals surface area contributed by atoms with Gasteiger partial charge in [-0.3, -0.25) is 0 Å². The third kappa shape index (κ3) is 4.07. The summed E-state index contributed by atoms with van der Waals surface area (Å²) in [5.41, 5.74) is 10.9. The summed E-state index contributed by atoms with van der Waals surface area (Å²) in [4.78, 5) is 0. The molecule has 222 valence electrons. The van der Waals surface area contributed by atoms with Crippen molar-refractivity contribution >= 4 is 43.6 Å². The highest BCUT2D eigenvalue weighted by atomic mass is 15.0. The number of aromatic nitrogens is 2. The number of fused-ring (bicyclic) bond motifs is 6. The predicted molar refractivity (Wildman–Crippen MR) is 195 cm³/mol. The van der Waals surface area contributed by atoms with Crippen LogP contribution in [0.1, 0.15) is 11.1 Å². The highest BCUT2D eigenvalue weighted by Gasteiger charge is 2.20. The maximum Gasteiger partial charge on any atom is 0.101 e. The van der Waals surface area contributed by atoms with Crippen LogP contribution in [0.3, 0.4) is 0 Å². The van der Waals surface area contributed by atoms with Crippen molar-refractivity contribution in [2.45, 2.75) is 0 Å². The monoisotopic (exact) mass is 610 g/mol. The first kappa shape index (κ1) is 27.4. The minimum absolute atomic E-state index is 0.361. The second-order valence-electron chi connectivity index (χ2n) is 12.0. The predicted octanol–water partition coefficient (Wildman–Crippen LogP) is 11.0. The Labute approximate surface area is 277 Å². The van der Waals surface area contributed by atoms with Gasteiger partial charge in [0.15, 0.2) is 0 Å². The van der Waals surface area contributed by atoms with E-state index < -0.39 is 0 Å². The van der Waals surface area contributed by atoms with E-state index in [1.807, 2.05) is 18.2 Å². The molecular weight excluding hydrogens is 585 g/mol. The van der Waals surface area contributed by atoms with Crippen LogP contribution in [-0.2, 0) is 0 Å². The third-order valence-corrected chi connectivity index (χ3v) is 9.43. The van der Waals surface area contributed by atoms with Crippen molar-refractivity contribution < 1.29 is 0 Å². The van der Waals surface area contributed by atoms with Gasteiger partial charge >= 0.3 is 0 Å².